The molecule has 4 nitrogen and oxygen atoms in total. The number of furan rings is 1. The third-order valence-corrected chi connectivity index (χ3v) is 4.57. The number of rotatable bonds is 5. The standard InChI is InChI=1S/C14H16ClNO3S/c1-10(13-6-4-8-19-13)16-9-11-12(15)5-3-7-14(11)20(2,17)18/h3-8,10,16H,9H2,1-2H3. The van der Waals surface area contributed by atoms with Crippen LogP contribution in [-0.4, -0.2) is 14.7 Å². The van der Waals surface area contributed by atoms with Crippen molar-refractivity contribution in [3.8, 4) is 0 Å². The van der Waals surface area contributed by atoms with Gasteiger partial charge in [0, 0.05) is 23.4 Å². The van der Waals surface area contributed by atoms with Gasteiger partial charge in [0.1, 0.15) is 5.76 Å². The molecule has 0 aliphatic carbocycles. The van der Waals surface area contributed by atoms with E-state index in [0.29, 0.717) is 17.1 Å². The van der Waals surface area contributed by atoms with Gasteiger partial charge in [0.2, 0.25) is 0 Å². The number of nitrogens with one attached hydrogen (secondary N) is 1. The molecule has 0 bridgehead atoms. The van der Waals surface area contributed by atoms with Crippen molar-refractivity contribution in [2.24, 2.45) is 0 Å². The molecule has 0 aliphatic rings. The van der Waals surface area contributed by atoms with Crippen molar-refractivity contribution in [2.45, 2.75) is 24.4 Å². The maximum atomic E-state index is 11.8. The van der Waals surface area contributed by atoms with Crippen LogP contribution in [-0.2, 0) is 16.4 Å². The molecule has 1 heterocycles. The Labute approximate surface area is 123 Å². The summed E-state index contributed by atoms with van der Waals surface area (Å²) in [5.41, 5.74) is 0.579. The van der Waals surface area contributed by atoms with Gasteiger partial charge < -0.3 is 9.73 Å². The van der Waals surface area contributed by atoms with E-state index in [2.05, 4.69) is 5.32 Å². The van der Waals surface area contributed by atoms with Crippen LogP contribution < -0.4 is 5.32 Å². The van der Waals surface area contributed by atoms with E-state index in [1.54, 1.807) is 24.5 Å². The molecule has 0 radical (unpaired) electrons. The molecule has 0 saturated heterocycles. The van der Waals surface area contributed by atoms with E-state index in [0.717, 1.165) is 5.76 Å². The van der Waals surface area contributed by atoms with Gasteiger partial charge in [0.15, 0.2) is 9.84 Å². The molecule has 1 atom stereocenters. The van der Waals surface area contributed by atoms with Gasteiger partial charge in [-0.15, -0.1) is 0 Å². The predicted molar refractivity (Wildman–Crippen MR) is 78.5 cm³/mol. The van der Waals surface area contributed by atoms with Gasteiger partial charge in [-0.3, -0.25) is 0 Å². The van der Waals surface area contributed by atoms with Gasteiger partial charge >= 0.3 is 0 Å². The average Bonchev–Trinajstić information content (AvgIpc) is 2.89. The Morgan fingerprint density at radius 2 is 2.05 bits per heavy atom. The minimum absolute atomic E-state index is 0.0336. The maximum Gasteiger partial charge on any atom is 0.175 e. The van der Waals surface area contributed by atoms with Crippen LogP contribution in [0.2, 0.25) is 5.02 Å². The number of hydrogen-bond donors (Lipinski definition) is 1. The Kier molecular flexibility index (Phi) is 4.52. The Morgan fingerprint density at radius 1 is 1.30 bits per heavy atom. The molecule has 0 spiro atoms. The van der Waals surface area contributed by atoms with E-state index in [-0.39, 0.29) is 10.9 Å². The lowest BCUT2D eigenvalue weighted by Gasteiger charge is -2.14. The molecule has 2 rings (SSSR count). The SMILES string of the molecule is CC(NCc1c(Cl)cccc1S(C)(=O)=O)c1ccco1. The van der Waals surface area contributed by atoms with E-state index in [1.807, 2.05) is 19.1 Å². The third kappa shape index (κ3) is 3.42. The highest BCUT2D eigenvalue weighted by Gasteiger charge is 2.17. The van der Waals surface area contributed by atoms with Gasteiger partial charge in [-0.1, -0.05) is 17.7 Å². The topological polar surface area (TPSA) is 59.3 Å². The highest BCUT2D eigenvalue weighted by molar-refractivity contribution is 7.90. The van der Waals surface area contributed by atoms with Gasteiger partial charge in [-0.25, -0.2) is 8.42 Å². The highest BCUT2D eigenvalue weighted by atomic mass is 35.5. The number of sulfone groups is 1. The molecule has 1 aromatic heterocycles. The summed E-state index contributed by atoms with van der Waals surface area (Å²) in [5, 5.41) is 3.65. The normalized spacial score (nSPS) is 13.3. The summed E-state index contributed by atoms with van der Waals surface area (Å²) in [4.78, 5) is 0.254. The Hall–Kier alpha value is -1.30. The van der Waals surface area contributed by atoms with Crippen LogP contribution in [0.25, 0.3) is 0 Å². The van der Waals surface area contributed by atoms with Gasteiger partial charge in [-0.2, -0.15) is 0 Å². The molecule has 0 aliphatic heterocycles. The Balaban J connectivity index is 2.22. The van der Waals surface area contributed by atoms with Crippen molar-refractivity contribution in [1.29, 1.82) is 0 Å². The minimum Gasteiger partial charge on any atom is -0.468 e. The molecule has 2 aromatic rings. The first-order chi connectivity index (χ1) is 9.39. The summed E-state index contributed by atoms with van der Waals surface area (Å²) < 4.78 is 28.8. The van der Waals surface area contributed by atoms with E-state index >= 15 is 0 Å². The van der Waals surface area contributed by atoms with Gasteiger partial charge in [-0.05, 0) is 31.2 Å². The smallest absolute Gasteiger partial charge is 0.175 e. The Morgan fingerprint density at radius 3 is 2.65 bits per heavy atom. The van der Waals surface area contributed by atoms with Crippen LogP contribution in [0.3, 0.4) is 0 Å². The lowest BCUT2D eigenvalue weighted by molar-refractivity contribution is 0.429. The van der Waals surface area contributed by atoms with Crippen LogP contribution >= 0.6 is 11.6 Å². The molecule has 0 fully saturated rings. The molecule has 108 valence electrons. The summed E-state index contributed by atoms with van der Waals surface area (Å²) in [6, 6.07) is 8.53. The summed E-state index contributed by atoms with van der Waals surface area (Å²) >= 11 is 6.12. The summed E-state index contributed by atoms with van der Waals surface area (Å²) in [5.74, 6) is 0.790. The van der Waals surface area contributed by atoms with E-state index in [9.17, 15) is 8.42 Å². The van der Waals surface area contributed by atoms with E-state index < -0.39 is 9.84 Å². The molecular weight excluding hydrogens is 298 g/mol. The van der Waals surface area contributed by atoms with Crippen LogP contribution in [0.15, 0.2) is 45.9 Å². The second-order valence-electron chi connectivity index (χ2n) is 4.61. The molecule has 0 saturated carbocycles. The van der Waals surface area contributed by atoms with E-state index in [1.165, 1.54) is 6.26 Å². The van der Waals surface area contributed by atoms with Crippen LogP contribution in [0.4, 0.5) is 0 Å². The van der Waals surface area contributed by atoms with Crippen LogP contribution in [0, 0.1) is 0 Å². The van der Waals surface area contributed by atoms with Crippen molar-refractivity contribution in [3.05, 3.63) is 52.9 Å². The van der Waals surface area contributed by atoms with Crippen molar-refractivity contribution >= 4 is 21.4 Å². The van der Waals surface area contributed by atoms with Gasteiger partial charge in [0.25, 0.3) is 0 Å². The fraction of sp³-hybridized carbons (Fsp3) is 0.286. The second-order valence-corrected chi connectivity index (χ2v) is 7.00. The number of halogens is 1. The first kappa shape index (κ1) is 15.1. The third-order valence-electron chi connectivity index (χ3n) is 3.03. The number of benzene rings is 1. The lowest BCUT2D eigenvalue weighted by atomic mass is 10.2. The average molecular weight is 314 g/mol. The summed E-state index contributed by atoms with van der Waals surface area (Å²) in [6.45, 7) is 2.29. The number of hydrogen-bond acceptors (Lipinski definition) is 4. The zero-order valence-electron chi connectivity index (χ0n) is 11.3. The van der Waals surface area contributed by atoms with E-state index in [4.69, 9.17) is 16.0 Å². The molecule has 1 aromatic carbocycles. The zero-order chi connectivity index (χ0) is 14.8. The molecule has 20 heavy (non-hydrogen) atoms. The highest BCUT2D eigenvalue weighted by Crippen LogP contribution is 2.25. The first-order valence-electron chi connectivity index (χ1n) is 6.14. The maximum absolute atomic E-state index is 11.8. The molecule has 1 N–H and O–H groups in total. The molecule has 1 unspecified atom stereocenters. The molecule has 6 heteroatoms. The summed E-state index contributed by atoms with van der Waals surface area (Å²) in [6.07, 6.45) is 2.78. The predicted octanol–water partition coefficient (Wildman–Crippen LogP) is 3.19. The fourth-order valence-electron chi connectivity index (χ4n) is 1.95. The zero-order valence-corrected chi connectivity index (χ0v) is 12.8. The monoisotopic (exact) mass is 313 g/mol. The van der Waals surface area contributed by atoms with Crippen molar-refractivity contribution in [1.82, 2.24) is 5.32 Å². The summed E-state index contributed by atoms with van der Waals surface area (Å²) in [7, 11) is -3.31. The van der Waals surface area contributed by atoms with Crippen LogP contribution in [0.1, 0.15) is 24.3 Å². The van der Waals surface area contributed by atoms with Gasteiger partial charge in [0.05, 0.1) is 17.2 Å². The van der Waals surface area contributed by atoms with Crippen molar-refractivity contribution in [3.63, 3.8) is 0 Å². The Bertz CT molecular complexity index is 680. The first-order valence-corrected chi connectivity index (χ1v) is 8.41. The van der Waals surface area contributed by atoms with Crippen molar-refractivity contribution in [2.75, 3.05) is 6.26 Å². The second kappa shape index (κ2) is 5.99. The molecular formula is C14H16ClNO3S. The largest absolute Gasteiger partial charge is 0.468 e. The molecule has 0 amide bonds. The minimum atomic E-state index is -3.31. The van der Waals surface area contributed by atoms with Crippen molar-refractivity contribution < 1.29 is 12.8 Å². The lowest BCUT2D eigenvalue weighted by Crippen LogP contribution is -2.19. The van der Waals surface area contributed by atoms with Crippen LogP contribution in [0.5, 0.6) is 0 Å². The quantitative estimate of drug-likeness (QED) is 0.921. The fourth-order valence-corrected chi connectivity index (χ4v) is 3.20.